The van der Waals surface area contributed by atoms with Crippen LogP contribution < -0.4 is 0 Å². The van der Waals surface area contributed by atoms with E-state index in [0.29, 0.717) is 0 Å². The van der Waals surface area contributed by atoms with E-state index >= 15 is 0 Å². The molecule has 0 heterocycles. The van der Waals surface area contributed by atoms with Gasteiger partial charge in [0.15, 0.2) is 0 Å². The molecule has 0 atom stereocenters. The largest absolute Gasteiger partial charge is 0.396 e. The topological polar surface area (TPSA) is 140 Å². The molecule has 7 nitrogen and oxygen atoms in total. The van der Waals surface area contributed by atoms with Gasteiger partial charge >= 0.3 is 0 Å². The van der Waals surface area contributed by atoms with E-state index in [2.05, 4.69) is 0 Å². The van der Waals surface area contributed by atoms with E-state index in [1.807, 2.05) is 0 Å². The van der Waals surface area contributed by atoms with Crippen LogP contribution >= 0.6 is 50.9 Å². The summed E-state index contributed by atoms with van der Waals surface area (Å²) < 4.78 is 0. The minimum Gasteiger partial charge on any atom is -0.396 e. The molecule has 0 aliphatic carbocycles. The normalized spacial score (nSPS) is 7.73. The van der Waals surface area contributed by atoms with E-state index in [1.54, 1.807) is 0 Å². The lowest BCUT2D eigenvalue weighted by atomic mass is 9.93. The van der Waals surface area contributed by atoms with Gasteiger partial charge in [0.1, 0.15) is 0 Å². The third kappa shape index (κ3) is 14.6. The monoisotopic (exact) mass is 418 g/mol. The van der Waals surface area contributed by atoms with Crippen LogP contribution in [0.2, 0.25) is 0 Å². The Morgan fingerprint density at radius 1 is 0.733 bits per heavy atom. The third-order valence-corrected chi connectivity index (χ3v) is 1.34. The molecule has 15 heavy (non-hydrogen) atoms. The maximum atomic E-state index is 8.50. The van der Waals surface area contributed by atoms with Crippen molar-refractivity contribution in [3.05, 3.63) is 16.0 Å². The van der Waals surface area contributed by atoms with E-state index in [4.69, 9.17) is 31.5 Å². The average Bonchev–Trinajstić information content (AvgIpc) is 2.11. The first-order chi connectivity index (χ1) is 5.66. The second kappa shape index (κ2) is 20.1. The first-order valence-corrected chi connectivity index (χ1v) is 3.08. The molecule has 0 aromatic carbocycles. The summed E-state index contributed by atoms with van der Waals surface area (Å²) in [5.41, 5.74) is 12.4. The molecule has 10 heteroatoms. The van der Waals surface area contributed by atoms with Gasteiger partial charge in [-0.25, -0.2) is 0 Å². The Morgan fingerprint density at radius 2 is 0.867 bits per heavy atom. The summed E-state index contributed by atoms with van der Waals surface area (Å²) in [6, 6.07) is 0. The fourth-order valence-electron chi connectivity index (χ4n) is 0.300. The number of aliphatic hydroxyl groups is 4. The van der Waals surface area contributed by atoms with Crippen LogP contribution in [0.25, 0.3) is 16.0 Å². The highest BCUT2D eigenvalue weighted by atomic mass is 79.9. The minimum atomic E-state index is -1.11. The van der Waals surface area contributed by atoms with Crippen molar-refractivity contribution in [2.75, 3.05) is 26.4 Å². The number of rotatable bonds is 4. The number of nitrogens with zero attached hydrogens (tertiary/aromatic N) is 3. The molecule has 96 valence electrons. The van der Waals surface area contributed by atoms with Crippen molar-refractivity contribution in [1.29, 1.82) is 0 Å². The highest BCUT2D eigenvalue weighted by molar-refractivity contribution is 8.93. The summed E-state index contributed by atoms with van der Waals surface area (Å²) in [6.45, 7) is -1.62. The summed E-state index contributed by atoms with van der Waals surface area (Å²) in [7, 11) is 0. The lowest BCUT2D eigenvalue weighted by molar-refractivity contribution is -0.0328. The summed E-state index contributed by atoms with van der Waals surface area (Å²) >= 11 is 0. The Hall–Kier alpha value is 0.590. The van der Waals surface area contributed by atoms with Crippen molar-refractivity contribution < 1.29 is 20.4 Å². The summed E-state index contributed by atoms with van der Waals surface area (Å²) in [5, 5.41) is 34.0. The lowest BCUT2D eigenvalue weighted by Crippen LogP contribution is -2.37. The molecule has 0 aliphatic rings. The van der Waals surface area contributed by atoms with Crippen molar-refractivity contribution in [2.24, 2.45) is 5.41 Å². The van der Waals surface area contributed by atoms with E-state index < -0.39 is 31.8 Å². The van der Waals surface area contributed by atoms with E-state index in [1.165, 1.54) is 4.91 Å². The van der Waals surface area contributed by atoms with Gasteiger partial charge in [-0.05, 0) is 0 Å². The van der Waals surface area contributed by atoms with Crippen LogP contribution in [0, 0.1) is 5.41 Å². The fraction of sp³-hybridized carbons (Fsp3) is 1.00. The van der Waals surface area contributed by atoms with Gasteiger partial charge in [-0.15, -0.1) is 50.9 Å². The smallest absolute Gasteiger partial charge is 0.0627 e. The summed E-state index contributed by atoms with van der Waals surface area (Å²) in [4.78, 5) is 1.50. The predicted molar refractivity (Wildman–Crippen MR) is 71.8 cm³/mol. The molecular weight excluding hydrogens is 406 g/mol. The van der Waals surface area contributed by atoms with Crippen molar-refractivity contribution in [3.63, 3.8) is 0 Å². The molecular formula is C5H15Br3N3O4-. The zero-order valence-corrected chi connectivity index (χ0v) is 12.8. The molecule has 0 aliphatic heterocycles. The Labute approximate surface area is 119 Å². The minimum absolute atomic E-state index is 0. The zero-order valence-electron chi connectivity index (χ0n) is 7.68. The Morgan fingerprint density at radius 3 is 0.867 bits per heavy atom. The molecule has 0 radical (unpaired) electrons. The molecule has 0 amide bonds. The van der Waals surface area contributed by atoms with Gasteiger partial charge in [-0.3, -0.25) is 4.91 Å². The van der Waals surface area contributed by atoms with E-state index in [0.717, 1.165) is 0 Å². The molecule has 0 bridgehead atoms. The molecule has 0 rings (SSSR count). The average molecular weight is 421 g/mol. The number of halogens is 3. The Balaban J connectivity index is -0.0000000500. The highest BCUT2D eigenvalue weighted by Gasteiger charge is 2.26. The molecule has 0 spiro atoms. The standard InChI is InChI=1S/C5H12O4.3BrH.N3/c6-1-5(2-7,3-8)4-9;;;;1-3-2/h6-9H,1-4H2;3*1H;/q;;;;-1. The number of hydrogen-bond acceptors (Lipinski definition) is 4. The van der Waals surface area contributed by atoms with Gasteiger partial charge in [-0.2, -0.15) is 0 Å². The first kappa shape index (κ1) is 29.6. The van der Waals surface area contributed by atoms with E-state index in [-0.39, 0.29) is 50.9 Å². The first-order valence-electron chi connectivity index (χ1n) is 3.08. The van der Waals surface area contributed by atoms with Gasteiger partial charge in [0.2, 0.25) is 0 Å². The van der Waals surface area contributed by atoms with Gasteiger partial charge in [0.05, 0.1) is 31.8 Å². The second-order valence-corrected chi connectivity index (χ2v) is 2.22. The van der Waals surface area contributed by atoms with Gasteiger partial charge in [-0.1, -0.05) is 0 Å². The fourth-order valence-corrected chi connectivity index (χ4v) is 0.300. The zero-order chi connectivity index (χ0) is 10.0. The molecule has 4 N–H and O–H groups in total. The van der Waals surface area contributed by atoms with Gasteiger partial charge in [0.25, 0.3) is 0 Å². The van der Waals surface area contributed by atoms with Crippen LogP contribution in [-0.2, 0) is 0 Å². The molecule has 0 saturated heterocycles. The number of hydrogen-bond donors (Lipinski definition) is 4. The maximum absolute atomic E-state index is 8.50. The van der Waals surface area contributed by atoms with Crippen molar-refractivity contribution in [2.45, 2.75) is 0 Å². The maximum Gasteiger partial charge on any atom is 0.0627 e. The molecule has 0 fully saturated rings. The van der Waals surface area contributed by atoms with E-state index in [9.17, 15) is 0 Å². The molecule has 0 aromatic rings. The second-order valence-electron chi connectivity index (χ2n) is 2.22. The van der Waals surface area contributed by atoms with Gasteiger partial charge in [0, 0.05) is 0 Å². The van der Waals surface area contributed by atoms with Crippen LogP contribution in [0.4, 0.5) is 0 Å². The van der Waals surface area contributed by atoms with Crippen LogP contribution in [-0.4, -0.2) is 46.9 Å². The quantitative estimate of drug-likeness (QED) is 0.299. The summed E-state index contributed by atoms with van der Waals surface area (Å²) in [6.07, 6.45) is 0. The van der Waals surface area contributed by atoms with Crippen LogP contribution in [0.3, 0.4) is 0 Å². The lowest BCUT2D eigenvalue weighted by Gasteiger charge is -2.23. The van der Waals surface area contributed by atoms with Crippen LogP contribution in [0.15, 0.2) is 0 Å². The predicted octanol–water partition coefficient (Wildman–Crippen LogP) is 0.542. The van der Waals surface area contributed by atoms with Crippen molar-refractivity contribution >= 4 is 50.9 Å². The highest BCUT2D eigenvalue weighted by Crippen LogP contribution is 2.11. The Kier molecular flexibility index (Phi) is 39.6. The van der Waals surface area contributed by atoms with Gasteiger partial charge < -0.3 is 31.5 Å². The Bertz CT molecular complexity index is 124. The number of aliphatic hydroxyl groups excluding tert-OH is 4. The third-order valence-electron chi connectivity index (χ3n) is 1.34. The van der Waals surface area contributed by atoms with Crippen molar-refractivity contribution in [3.8, 4) is 0 Å². The molecule has 0 unspecified atom stereocenters. The SMILES string of the molecule is Br.Br.Br.OCC(CO)(CO)CO.[N-]=[N+]=[N-]. The molecule has 0 saturated carbocycles. The van der Waals surface area contributed by atoms with Crippen LogP contribution in [0.1, 0.15) is 0 Å². The summed E-state index contributed by atoms with van der Waals surface area (Å²) in [5.74, 6) is 0. The van der Waals surface area contributed by atoms with Crippen molar-refractivity contribution in [1.82, 2.24) is 0 Å². The molecule has 0 aromatic heterocycles. The van der Waals surface area contributed by atoms with Crippen LogP contribution in [0.5, 0.6) is 0 Å².